The molecule has 0 unspecified atom stereocenters. The molecule has 6 heteroatoms. The predicted molar refractivity (Wildman–Crippen MR) is 98.2 cm³/mol. The van der Waals surface area contributed by atoms with Crippen LogP contribution in [0.25, 0.3) is 11.5 Å². The molecule has 3 heterocycles. The van der Waals surface area contributed by atoms with Crippen LogP contribution in [0, 0.1) is 5.92 Å². The van der Waals surface area contributed by atoms with E-state index < -0.39 is 0 Å². The summed E-state index contributed by atoms with van der Waals surface area (Å²) in [4.78, 5) is 21.8. The van der Waals surface area contributed by atoms with Gasteiger partial charge >= 0.3 is 0 Å². The third-order valence-electron chi connectivity index (χ3n) is 5.32. The third kappa shape index (κ3) is 3.96. The van der Waals surface area contributed by atoms with E-state index in [-0.39, 0.29) is 5.92 Å². The lowest BCUT2D eigenvalue weighted by Gasteiger charge is -2.36. The van der Waals surface area contributed by atoms with Crippen molar-refractivity contribution in [3.8, 4) is 11.5 Å². The average Bonchev–Trinajstić information content (AvgIpc) is 3.34. The summed E-state index contributed by atoms with van der Waals surface area (Å²) in [5.41, 5.74) is 0.913. The monoisotopic (exact) mass is 359 g/mol. The first kappa shape index (κ1) is 16.8. The van der Waals surface area contributed by atoms with Gasteiger partial charge in [-0.2, -0.15) is 0 Å². The Kier molecular flexibility index (Phi) is 5.17. The Bertz CT molecular complexity index is 683. The van der Waals surface area contributed by atoms with Gasteiger partial charge in [0, 0.05) is 37.5 Å². The molecule has 1 saturated carbocycles. The van der Waals surface area contributed by atoms with Crippen LogP contribution in [0.5, 0.6) is 0 Å². The standard InChI is InChI=1S/C19H25N3O2S/c23-19(15-5-2-1-3-6-15)22-10-8-21(9-11-22)13-18-20-16(14-25-18)17-7-4-12-24-17/h4,7,12,14-15H,1-3,5-6,8-11,13H2. The Balaban J connectivity index is 1.28. The van der Waals surface area contributed by atoms with Gasteiger partial charge < -0.3 is 9.32 Å². The molecule has 1 aliphatic carbocycles. The first-order valence-electron chi connectivity index (χ1n) is 9.29. The van der Waals surface area contributed by atoms with Crippen molar-refractivity contribution in [2.75, 3.05) is 26.2 Å². The Morgan fingerprint density at radius 1 is 1.20 bits per heavy atom. The molecular formula is C19H25N3O2S. The van der Waals surface area contributed by atoms with Crippen molar-refractivity contribution in [1.82, 2.24) is 14.8 Å². The number of rotatable bonds is 4. The lowest BCUT2D eigenvalue weighted by Crippen LogP contribution is -2.50. The summed E-state index contributed by atoms with van der Waals surface area (Å²) in [6, 6.07) is 3.82. The van der Waals surface area contributed by atoms with E-state index in [1.807, 2.05) is 12.1 Å². The molecule has 25 heavy (non-hydrogen) atoms. The van der Waals surface area contributed by atoms with Gasteiger partial charge in [-0.15, -0.1) is 11.3 Å². The fourth-order valence-corrected chi connectivity index (χ4v) is 4.67. The van der Waals surface area contributed by atoms with E-state index in [0.29, 0.717) is 5.91 Å². The molecule has 4 rings (SSSR count). The zero-order chi connectivity index (χ0) is 17.1. The fourth-order valence-electron chi connectivity index (χ4n) is 3.85. The lowest BCUT2D eigenvalue weighted by atomic mass is 9.88. The van der Waals surface area contributed by atoms with Crippen LogP contribution in [-0.4, -0.2) is 46.9 Å². The number of hydrogen-bond donors (Lipinski definition) is 0. The van der Waals surface area contributed by atoms with Crippen LogP contribution in [0.2, 0.25) is 0 Å². The third-order valence-corrected chi connectivity index (χ3v) is 6.16. The molecule has 0 spiro atoms. The number of hydrogen-bond acceptors (Lipinski definition) is 5. The van der Waals surface area contributed by atoms with Gasteiger partial charge in [0.25, 0.3) is 0 Å². The van der Waals surface area contributed by atoms with Gasteiger partial charge in [-0.05, 0) is 25.0 Å². The highest BCUT2D eigenvalue weighted by Gasteiger charge is 2.28. The summed E-state index contributed by atoms with van der Waals surface area (Å²) in [7, 11) is 0. The minimum Gasteiger partial charge on any atom is -0.463 e. The maximum Gasteiger partial charge on any atom is 0.225 e. The molecule has 1 amide bonds. The Hall–Kier alpha value is -1.66. The van der Waals surface area contributed by atoms with Crippen molar-refractivity contribution in [1.29, 1.82) is 0 Å². The highest BCUT2D eigenvalue weighted by molar-refractivity contribution is 7.09. The van der Waals surface area contributed by atoms with Gasteiger partial charge in [-0.25, -0.2) is 4.98 Å². The molecule has 0 N–H and O–H groups in total. The molecule has 0 bridgehead atoms. The minimum atomic E-state index is 0.287. The van der Waals surface area contributed by atoms with Crippen molar-refractivity contribution in [3.05, 3.63) is 28.8 Å². The van der Waals surface area contributed by atoms with Crippen molar-refractivity contribution in [3.63, 3.8) is 0 Å². The molecule has 2 fully saturated rings. The number of aromatic nitrogens is 1. The largest absolute Gasteiger partial charge is 0.463 e. The zero-order valence-corrected chi connectivity index (χ0v) is 15.3. The van der Waals surface area contributed by atoms with E-state index in [1.165, 1.54) is 19.3 Å². The summed E-state index contributed by atoms with van der Waals surface area (Å²) in [6.07, 6.45) is 7.60. The van der Waals surface area contributed by atoms with E-state index in [9.17, 15) is 4.79 Å². The Labute approximate surface area is 152 Å². The molecule has 0 aromatic carbocycles. The molecule has 1 aliphatic heterocycles. The highest BCUT2D eigenvalue weighted by Crippen LogP contribution is 2.26. The number of nitrogens with zero attached hydrogens (tertiary/aromatic N) is 3. The number of carbonyl (C=O) groups excluding carboxylic acids is 1. The van der Waals surface area contributed by atoms with Crippen molar-refractivity contribution in [2.24, 2.45) is 5.92 Å². The van der Waals surface area contributed by atoms with Crippen LogP contribution in [0.4, 0.5) is 0 Å². The van der Waals surface area contributed by atoms with E-state index in [0.717, 1.165) is 62.0 Å². The van der Waals surface area contributed by atoms with Crippen LogP contribution in [0.3, 0.4) is 0 Å². The van der Waals surface area contributed by atoms with E-state index >= 15 is 0 Å². The highest BCUT2D eigenvalue weighted by atomic mass is 32.1. The quantitative estimate of drug-likeness (QED) is 0.836. The zero-order valence-electron chi connectivity index (χ0n) is 14.5. The summed E-state index contributed by atoms with van der Waals surface area (Å²) in [5.74, 6) is 1.51. The van der Waals surface area contributed by atoms with E-state index in [1.54, 1.807) is 17.6 Å². The van der Waals surface area contributed by atoms with Gasteiger partial charge in [-0.1, -0.05) is 19.3 Å². The molecule has 0 radical (unpaired) electrons. The second kappa shape index (κ2) is 7.70. The smallest absolute Gasteiger partial charge is 0.225 e. The molecule has 1 saturated heterocycles. The first-order chi connectivity index (χ1) is 12.3. The first-order valence-corrected chi connectivity index (χ1v) is 10.2. The van der Waals surface area contributed by atoms with Crippen LogP contribution in [0.15, 0.2) is 28.2 Å². The Morgan fingerprint density at radius 2 is 2.00 bits per heavy atom. The summed E-state index contributed by atoms with van der Waals surface area (Å²) in [5, 5.41) is 3.16. The SMILES string of the molecule is O=C(C1CCCCC1)N1CCN(Cc2nc(-c3ccco3)cs2)CC1. The number of amides is 1. The van der Waals surface area contributed by atoms with Crippen LogP contribution in [0.1, 0.15) is 37.1 Å². The van der Waals surface area contributed by atoms with Crippen molar-refractivity contribution >= 4 is 17.2 Å². The molecule has 2 aromatic heterocycles. The predicted octanol–water partition coefficient (Wildman–Crippen LogP) is 3.63. The van der Waals surface area contributed by atoms with Gasteiger partial charge in [0.05, 0.1) is 12.8 Å². The van der Waals surface area contributed by atoms with E-state index in [4.69, 9.17) is 4.42 Å². The summed E-state index contributed by atoms with van der Waals surface area (Å²) < 4.78 is 5.41. The topological polar surface area (TPSA) is 49.6 Å². The summed E-state index contributed by atoms with van der Waals surface area (Å²) >= 11 is 1.68. The molecular weight excluding hydrogens is 334 g/mol. The van der Waals surface area contributed by atoms with Gasteiger partial charge in [0.15, 0.2) is 5.76 Å². The number of carbonyl (C=O) groups is 1. The van der Waals surface area contributed by atoms with E-state index in [2.05, 4.69) is 20.2 Å². The second-order valence-corrected chi connectivity index (χ2v) is 7.98. The lowest BCUT2D eigenvalue weighted by molar-refractivity contribution is -0.138. The summed E-state index contributed by atoms with van der Waals surface area (Å²) in [6.45, 7) is 4.44. The second-order valence-electron chi connectivity index (χ2n) is 7.04. The molecule has 2 aromatic rings. The van der Waals surface area contributed by atoms with Crippen molar-refractivity contribution in [2.45, 2.75) is 38.6 Å². The number of furan rings is 1. The number of piperazine rings is 1. The van der Waals surface area contributed by atoms with Crippen LogP contribution >= 0.6 is 11.3 Å². The molecule has 5 nitrogen and oxygen atoms in total. The molecule has 134 valence electrons. The fraction of sp³-hybridized carbons (Fsp3) is 0.579. The van der Waals surface area contributed by atoms with Gasteiger partial charge in [0.1, 0.15) is 10.7 Å². The maximum atomic E-state index is 12.6. The average molecular weight is 359 g/mol. The van der Waals surface area contributed by atoms with Crippen LogP contribution < -0.4 is 0 Å². The van der Waals surface area contributed by atoms with Gasteiger partial charge in [0.2, 0.25) is 5.91 Å². The van der Waals surface area contributed by atoms with Gasteiger partial charge in [-0.3, -0.25) is 9.69 Å². The normalized spacial score (nSPS) is 20.1. The van der Waals surface area contributed by atoms with Crippen LogP contribution in [-0.2, 0) is 11.3 Å². The van der Waals surface area contributed by atoms with Crippen molar-refractivity contribution < 1.29 is 9.21 Å². The molecule has 2 aliphatic rings. The Morgan fingerprint density at radius 3 is 2.72 bits per heavy atom. The molecule has 0 atom stereocenters. The maximum absolute atomic E-state index is 12.6. The minimum absolute atomic E-state index is 0.287. The number of thiazole rings is 1.